The van der Waals surface area contributed by atoms with E-state index in [2.05, 4.69) is 10.6 Å². The summed E-state index contributed by atoms with van der Waals surface area (Å²) in [5.41, 5.74) is 2.10. The lowest BCUT2D eigenvalue weighted by atomic mass is 9.94. The van der Waals surface area contributed by atoms with Gasteiger partial charge in [0.05, 0.1) is 6.07 Å². The highest BCUT2D eigenvalue weighted by Gasteiger charge is 2.38. The SMILES string of the molecule is Cc1ccc(C)c(C(C(=O)Nc2ccc3ccccc3c2)N(CC#N)C(=O)C(NC(=O)OC(C)(C)C)C(C)C)c1. The fraction of sp³-hybridized carbons (Fsp3) is 0.375. The summed E-state index contributed by atoms with van der Waals surface area (Å²) in [6.07, 6.45) is -0.750. The van der Waals surface area contributed by atoms with Crippen LogP contribution in [0.15, 0.2) is 60.7 Å². The molecule has 3 rings (SSSR count). The van der Waals surface area contributed by atoms with E-state index >= 15 is 0 Å². The highest BCUT2D eigenvalue weighted by atomic mass is 16.6. The van der Waals surface area contributed by atoms with Gasteiger partial charge in [-0.1, -0.05) is 67.9 Å². The van der Waals surface area contributed by atoms with Crippen molar-refractivity contribution in [2.75, 3.05) is 11.9 Å². The average molecular weight is 543 g/mol. The molecule has 3 aromatic rings. The standard InChI is InChI=1S/C32H38N4O4/c1-20(2)27(35-31(39)40-32(5,6)7)30(38)36(17-16-33)28(26-18-21(3)12-13-22(26)4)29(37)34-25-15-14-23-10-8-9-11-24(23)19-25/h8-15,18-20,27-28H,17H2,1-7H3,(H,34,37)(H,35,39). The van der Waals surface area contributed by atoms with E-state index in [-0.39, 0.29) is 12.5 Å². The van der Waals surface area contributed by atoms with Gasteiger partial charge in [0, 0.05) is 5.69 Å². The van der Waals surface area contributed by atoms with Crippen LogP contribution in [0.25, 0.3) is 10.8 Å². The molecule has 0 bridgehead atoms. The molecule has 2 unspecified atom stereocenters. The van der Waals surface area contributed by atoms with Crippen molar-refractivity contribution in [1.29, 1.82) is 5.26 Å². The van der Waals surface area contributed by atoms with Crippen LogP contribution in [0.5, 0.6) is 0 Å². The fourth-order valence-corrected chi connectivity index (χ4v) is 4.48. The molecule has 8 nitrogen and oxygen atoms in total. The number of alkyl carbamates (subject to hydrolysis) is 1. The lowest BCUT2D eigenvalue weighted by Gasteiger charge is -2.34. The number of amides is 3. The summed E-state index contributed by atoms with van der Waals surface area (Å²) in [7, 11) is 0. The highest BCUT2D eigenvalue weighted by molar-refractivity contribution is 6.00. The summed E-state index contributed by atoms with van der Waals surface area (Å²) in [5.74, 6) is -1.36. The van der Waals surface area contributed by atoms with Crippen LogP contribution < -0.4 is 10.6 Å². The smallest absolute Gasteiger partial charge is 0.408 e. The molecule has 0 aliphatic carbocycles. The molecule has 0 radical (unpaired) electrons. The van der Waals surface area contributed by atoms with Crippen LogP contribution in [0.2, 0.25) is 0 Å². The largest absolute Gasteiger partial charge is 0.444 e. The molecule has 0 saturated heterocycles. The van der Waals surface area contributed by atoms with E-state index < -0.39 is 35.6 Å². The second kappa shape index (κ2) is 12.6. The summed E-state index contributed by atoms with van der Waals surface area (Å²) in [6, 6.07) is 18.9. The van der Waals surface area contributed by atoms with Crippen molar-refractivity contribution in [2.24, 2.45) is 5.92 Å². The number of ether oxygens (including phenoxy) is 1. The van der Waals surface area contributed by atoms with Crippen molar-refractivity contribution < 1.29 is 19.1 Å². The Morgan fingerprint density at radius 2 is 1.65 bits per heavy atom. The molecular formula is C32H38N4O4. The Labute approximate surface area is 236 Å². The average Bonchev–Trinajstić information content (AvgIpc) is 2.87. The van der Waals surface area contributed by atoms with Crippen LogP contribution >= 0.6 is 0 Å². The Bertz CT molecular complexity index is 1430. The number of hydrogen-bond donors (Lipinski definition) is 2. The zero-order valence-electron chi connectivity index (χ0n) is 24.2. The number of nitrogens with zero attached hydrogens (tertiary/aromatic N) is 2. The van der Waals surface area contributed by atoms with E-state index in [1.807, 2.05) is 74.5 Å². The minimum absolute atomic E-state index is 0.344. The van der Waals surface area contributed by atoms with Gasteiger partial charge < -0.3 is 20.3 Å². The maximum absolute atomic E-state index is 14.0. The first-order chi connectivity index (χ1) is 18.8. The Balaban J connectivity index is 2.05. The first-order valence-electron chi connectivity index (χ1n) is 13.3. The number of carbonyl (C=O) groups is 3. The molecular weight excluding hydrogens is 504 g/mol. The molecule has 0 heterocycles. The van der Waals surface area contributed by atoms with Gasteiger partial charge in [0.25, 0.3) is 5.91 Å². The molecule has 0 aliphatic rings. The number of benzene rings is 3. The summed E-state index contributed by atoms with van der Waals surface area (Å²) >= 11 is 0. The third kappa shape index (κ3) is 7.60. The Hall–Kier alpha value is -4.38. The molecule has 0 spiro atoms. The maximum atomic E-state index is 14.0. The molecule has 3 aromatic carbocycles. The number of nitriles is 1. The Morgan fingerprint density at radius 1 is 0.975 bits per heavy atom. The summed E-state index contributed by atoms with van der Waals surface area (Å²) in [5, 5.41) is 17.4. The molecule has 0 aliphatic heterocycles. The Morgan fingerprint density at radius 3 is 2.27 bits per heavy atom. The monoisotopic (exact) mass is 542 g/mol. The van der Waals surface area contributed by atoms with Crippen molar-refractivity contribution in [3.8, 4) is 6.07 Å². The lowest BCUT2D eigenvalue weighted by Crippen LogP contribution is -2.54. The third-order valence-corrected chi connectivity index (χ3v) is 6.44. The van der Waals surface area contributed by atoms with Gasteiger partial charge in [0.2, 0.25) is 5.91 Å². The number of fused-ring (bicyclic) bond motifs is 1. The van der Waals surface area contributed by atoms with E-state index in [4.69, 9.17) is 4.74 Å². The summed E-state index contributed by atoms with van der Waals surface area (Å²) < 4.78 is 5.38. The van der Waals surface area contributed by atoms with Gasteiger partial charge >= 0.3 is 6.09 Å². The van der Waals surface area contributed by atoms with Gasteiger partial charge in [-0.25, -0.2) is 4.79 Å². The number of nitrogens with one attached hydrogen (secondary N) is 2. The quantitative estimate of drug-likeness (QED) is 0.337. The van der Waals surface area contributed by atoms with Crippen LogP contribution in [0.4, 0.5) is 10.5 Å². The van der Waals surface area contributed by atoms with Crippen molar-refractivity contribution in [3.05, 3.63) is 77.4 Å². The first-order valence-corrected chi connectivity index (χ1v) is 13.3. The topological polar surface area (TPSA) is 112 Å². The third-order valence-electron chi connectivity index (χ3n) is 6.44. The predicted octanol–water partition coefficient (Wildman–Crippen LogP) is 6.04. The lowest BCUT2D eigenvalue weighted by molar-refractivity contribution is -0.141. The molecule has 0 fully saturated rings. The first kappa shape index (κ1) is 30.2. The molecule has 0 saturated carbocycles. The number of hydrogen-bond acceptors (Lipinski definition) is 5. The van der Waals surface area contributed by atoms with Gasteiger partial charge in [-0.15, -0.1) is 0 Å². The van der Waals surface area contributed by atoms with Gasteiger partial charge in [0.15, 0.2) is 0 Å². The second-order valence-electron chi connectivity index (χ2n) is 11.3. The minimum Gasteiger partial charge on any atom is -0.444 e. The highest BCUT2D eigenvalue weighted by Crippen LogP contribution is 2.29. The van der Waals surface area contributed by atoms with E-state index in [0.717, 1.165) is 21.9 Å². The maximum Gasteiger partial charge on any atom is 0.408 e. The van der Waals surface area contributed by atoms with Gasteiger partial charge in [-0.3, -0.25) is 9.59 Å². The molecule has 210 valence electrons. The van der Waals surface area contributed by atoms with Crippen LogP contribution in [0.3, 0.4) is 0 Å². The number of carbonyl (C=O) groups excluding carboxylic acids is 3. The zero-order chi connectivity index (χ0) is 29.6. The van der Waals surface area contributed by atoms with Gasteiger partial charge in [-0.2, -0.15) is 5.26 Å². The molecule has 8 heteroatoms. The van der Waals surface area contributed by atoms with Crippen molar-refractivity contribution in [3.63, 3.8) is 0 Å². The zero-order valence-corrected chi connectivity index (χ0v) is 24.2. The molecule has 2 atom stereocenters. The number of rotatable bonds is 8. The number of aryl methyl sites for hydroxylation is 2. The normalized spacial score (nSPS) is 12.8. The molecule has 3 amide bonds. The second-order valence-corrected chi connectivity index (χ2v) is 11.3. The molecule has 2 N–H and O–H groups in total. The summed E-state index contributed by atoms with van der Waals surface area (Å²) in [4.78, 5) is 41.9. The van der Waals surface area contributed by atoms with E-state index in [1.54, 1.807) is 40.7 Å². The van der Waals surface area contributed by atoms with Crippen molar-refractivity contribution in [1.82, 2.24) is 10.2 Å². The van der Waals surface area contributed by atoms with Crippen molar-refractivity contribution in [2.45, 2.75) is 66.2 Å². The number of anilines is 1. The molecule has 40 heavy (non-hydrogen) atoms. The van der Waals surface area contributed by atoms with Crippen LogP contribution in [0.1, 0.15) is 57.4 Å². The van der Waals surface area contributed by atoms with Crippen LogP contribution in [0, 0.1) is 31.1 Å². The van der Waals surface area contributed by atoms with E-state index in [1.165, 1.54) is 4.90 Å². The van der Waals surface area contributed by atoms with Crippen LogP contribution in [-0.4, -0.2) is 41.0 Å². The molecule has 0 aromatic heterocycles. The van der Waals surface area contributed by atoms with E-state index in [9.17, 15) is 19.6 Å². The van der Waals surface area contributed by atoms with E-state index in [0.29, 0.717) is 11.3 Å². The van der Waals surface area contributed by atoms with Crippen LogP contribution in [-0.2, 0) is 14.3 Å². The van der Waals surface area contributed by atoms with Gasteiger partial charge in [-0.05, 0) is 74.6 Å². The fourth-order valence-electron chi connectivity index (χ4n) is 4.48. The minimum atomic E-state index is -1.12. The van der Waals surface area contributed by atoms with Gasteiger partial charge in [0.1, 0.15) is 24.2 Å². The van der Waals surface area contributed by atoms with Crippen molar-refractivity contribution >= 4 is 34.4 Å². The predicted molar refractivity (Wildman–Crippen MR) is 157 cm³/mol. The summed E-state index contributed by atoms with van der Waals surface area (Å²) in [6.45, 7) is 12.2. The Kier molecular flexibility index (Phi) is 9.54.